The van der Waals surface area contributed by atoms with Gasteiger partial charge in [-0.25, -0.2) is 9.59 Å². The Morgan fingerprint density at radius 1 is 0.920 bits per heavy atom. The highest BCUT2D eigenvalue weighted by Crippen LogP contribution is 2.12. The van der Waals surface area contributed by atoms with Crippen molar-refractivity contribution < 1.29 is 19.3 Å². The summed E-state index contributed by atoms with van der Waals surface area (Å²) in [6, 6.07) is 0. The zero-order valence-electron chi connectivity index (χ0n) is 14.7. The van der Waals surface area contributed by atoms with Crippen LogP contribution in [0.25, 0.3) is 0 Å². The minimum Gasteiger partial charge on any atom is -0.330 e. The van der Waals surface area contributed by atoms with Crippen molar-refractivity contribution in [2.45, 2.75) is 30.6 Å². The lowest BCUT2D eigenvalue weighted by Crippen LogP contribution is -2.61. The highest BCUT2D eigenvalue weighted by molar-refractivity contribution is 7.98. The van der Waals surface area contributed by atoms with E-state index in [0.717, 1.165) is 0 Å². The van der Waals surface area contributed by atoms with E-state index in [2.05, 4.69) is 0 Å². The van der Waals surface area contributed by atoms with Gasteiger partial charge in [-0.1, -0.05) is 0 Å². The van der Waals surface area contributed by atoms with Crippen LogP contribution in [-0.4, -0.2) is 65.6 Å². The van der Waals surface area contributed by atoms with Crippen molar-refractivity contribution in [2.24, 2.45) is 28.7 Å². The van der Waals surface area contributed by atoms with E-state index in [0.29, 0.717) is 23.2 Å². The zero-order chi connectivity index (χ0) is 19.5. The molecule has 0 rings (SSSR count). The highest BCUT2D eigenvalue weighted by atomic mass is 32.2. The lowest BCUT2D eigenvalue weighted by atomic mass is 10.1. The second-order valence-electron chi connectivity index (χ2n) is 5.52. The molecule has 148 valence electrons. The maximum absolute atomic E-state index is 12.1. The summed E-state index contributed by atoms with van der Waals surface area (Å²) in [6.45, 7) is 0.322. The van der Waals surface area contributed by atoms with Gasteiger partial charge >= 0.3 is 11.9 Å². The van der Waals surface area contributed by atoms with Crippen molar-refractivity contribution in [1.29, 1.82) is 0 Å². The van der Waals surface area contributed by atoms with Crippen molar-refractivity contribution in [3.63, 3.8) is 0 Å². The van der Waals surface area contributed by atoms with Crippen molar-refractivity contribution >= 4 is 35.5 Å². The Morgan fingerprint density at radius 2 is 1.32 bits per heavy atom. The van der Waals surface area contributed by atoms with E-state index < -0.39 is 23.3 Å². The molecule has 0 aromatic rings. The summed E-state index contributed by atoms with van der Waals surface area (Å²) in [6.07, 6.45) is 4.48. The topological polar surface area (TPSA) is 186 Å². The van der Waals surface area contributed by atoms with E-state index in [1.54, 1.807) is 0 Å². The van der Waals surface area contributed by atoms with E-state index >= 15 is 0 Å². The number of rotatable bonds is 13. The summed E-state index contributed by atoms with van der Waals surface area (Å²) in [4.78, 5) is 34.3. The van der Waals surface area contributed by atoms with Gasteiger partial charge in [0.25, 0.3) is 0 Å². The molecule has 0 saturated heterocycles. The van der Waals surface area contributed by atoms with E-state index in [9.17, 15) is 9.59 Å². The predicted octanol–water partition coefficient (Wildman–Crippen LogP) is -1.71. The molecule has 0 aromatic heterocycles. The van der Waals surface area contributed by atoms with Gasteiger partial charge in [-0.2, -0.15) is 23.5 Å². The number of hydrogen-bond acceptors (Lipinski definition) is 12. The van der Waals surface area contributed by atoms with Crippen LogP contribution in [0.2, 0.25) is 0 Å². The van der Waals surface area contributed by atoms with Gasteiger partial charge in [0.2, 0.25) is 0 Å². The summed E-state index contributed by atoms with van der Waals surface area (Å²) in [7, 11) is 0. The van der Waals surface area contributed by atoms with Crippen molar-refractivity contribution in [1.82, 2.24) is 5.23 Å². The van der Waals surface area contributed by atoms with E-state index in [4.69, 9.17) is 38.3 Å². The Bertz CT molecular complexity index is 391. The quantitative estimate of drug-likeness (QED) is 0.175. The van der Waals surface area contributed by atoms with Crippen LogP contribution in [-0.2, 0) is 19.3 Å². The summed E-state index contributed by atoms with van der Waals surface area (Å²) in [5.41, 5.74) is 25.0. The molecule has 0 aromatic carbocycles. The number of thioether (sulfide) groups is 2. The predicted molar refractivity (Wildman–Crippen MR) is 101 cm³/mol. The second kappa shape index (κ2) is 11.9. The van der Waals surface area contributed by atoms with Crippen LogP contribution in [0.4, 0.5) is 0 Å². The minimum absolute atomic E-state index is 0.0329. The fraction of sp³-hybridized carbons (Fsp3) is 0.846. The average molecular weight is 399 g/mol. The van der Waals surface area contributed by atoms with Crippen LogP contribution in [0.15, 0.2) is 0 Å². The molecule has 0 bridgehead atoms. The molecular formula is C13H30N6O4S2. The number of hydroxylamine groups is 2. The lowest BCUT2D eigenvalue weighted by molar-refractivity contribution is -0.330. The largest absolute Gasteiger partial charge is 0.363 e. The van der Waals surface area contributed by atoms with Crippen LogP contribution < -0.4 is 28.7 Å². The molecule has 0 fully saturated rings. The summed E-state index contributed by atoms with van der Waals surface area (Å²) < 4.78 is 0. The molecule has 0 aliphatic carbocycles. The summed E-state index contributed by atoms with van der Waals surface area (Å²) in [5, 5.41) is 0.679. The van der Waals surface area contributed by atoms with E-state index in [1.807, 2.05) is 12.5 Å². The third kappa shape index (κ3) is 9.61. The Labute approximate surface area is 156 Å². The average Bonchev–Trinajstić information content (AvgIpc) is 2.55. The highest BCUT2D eigenvalue weighted by Gasteiger charge is 2.36. The van der Waals surface area contributed by atoms with Gasteiger partial charge in [0.15, 0.2) is 11.3 Å². The van der Waals surface area contributed by atoms with Gasteiger partial charge in [-0.15, -0.1) is 0 Å². The minimum atomic E-state index is -1.71. The Balaban J connectivity index is 4.89. The fourth-order valence-corrected chi connectivity index (χ4v) is 2.52. The maximum atomic E-state index is 12.1. The molecule has 0 heterocycles. The van der Waals surface area contributed by atoms with Crippen molar-refractivity contribution in [3.8, 4) is 0 Å². The molecule has 0 saturated carbocycles. The normalized spacial score (nSPS) is 12.3. The molecule has 0 radical (unpaired) electrons. The molecule has 10 N–H and O–H groups in total. The van der Waals surface area contributed by atoms with Gasteiger partial charge in [0.05, 0.1) is 6.54 Å². The number of carbonyl (C=O) groups excluding carboxylic acids is 2. The first-order chi connectivity index (χ1) is 11.6. The molecule has 0 spiro atoms. The molecule has 0 amide bonds. The Morgan fingerprint density at radius 3 is 1.64 bits per heavy atom. The van der Waals surface area contributed by atoms with Gasteiger partial charge in [-0.05, 0) is 49.8 Å². The smallest absolute Gasteiger partial charge is 0.330 e. The number of nitrogens with zero attached hydrogens (tertiary/aromatic N) is 1. The number of nitrogens with two attached hydrogens (primary N) is 5. The van der Waals surface area contributed by atoms with Gasteiger partial charge in [0, 0.05) is 5.23 Å². The second-order valence-corrected chi connectivity index (χ2v) is 7.49. The van der Waals surface area contributed by atoms with Crippen LogP contribution in [0.3, 0.4) is 0 Å². The SMILES string of the molecule is CSCCC(N)(N)C(=O)ON(CCCN)OC(=O)C(N)(N)CCSC. The maximum Gasteiger partial charge on any atom is 0.363 e. The molecular weight excluding hydrogens is 368 g/mol. The molecule has 0 aliphatic rings. The van der Waals surface area contributed by atoms with Crippen LogP contribution in [0, 0.1) is 0 Å². The monoisotopic (exact) mass is 398 g/mol. The fourth-order valence-electron chi connectivity index (χ4n) is 1.43. The Hall–Kier alpha value is -0.600. The Kier molecular flexibility index (Phi) is 11.6. The number of carbonyl (C=O) groups is 2. The standard InChI is InChI=1S/C13H30N6O4S2/c1-24-8-4-12(15,16)10(20)22-19(7-3-6-14)23-11(21)13(17,18)5-9-25-2/h3-9,14-18H2,1-2H3. The first kappa shape index (κ1) is 24.4. The van der Waals surface area contributed by atoms with E-state index in [1.165, 1.54) is 23.5 Å². The molecule has 12 heteroatoms. The van der Waals surface area contributed by atoms with Crippen LogP contribution in [0.1, 0.15) is 19.3 Å². The van der Waals surface area contributed by atoms with Crippen molar-refractivity contribution in [3.05, 3.63) is 0 Å². The first-order valence-corrected chi connectivity index (χ1v) is 10.4. The number of hydrogen-bond donors (Lipinski definition) is 5. The third-order valence-corrected chi connectivity index (χ3v) is 4.34. The van der Waals surface area contributed by atoms with Gasteiger partial charge < -0.3 is 38.3 Å². The lowest BCUT2D eigenvalue weighted by Gasteiger charge is -2.28. The van der Waals surface area contributed by atoms with E-state index in [-0.39, 0.29) is 25.9 Å². The molecule has 0 unspecified atom stereocenters. The first-order valence-electron chi connectivity index (χ1n) is 7.66. The molecule has 25 heavy (non-hydrogen) atoms. The molecule has 0 atom stereocenters. The van der Waals surface area contributed by atoms with Crippen LogP contribution >= 0.6 is 23.5 Å². The van der Waals surface area contributed by atoms with Crippen molar-refractivity contribution in [2.75, 3.05) is 37.1 Å². The molecule has 10 nitrogen and oxygen atoms in total. The zero-order valence-corrected chi connectivity index (χ0v) is 16.4. The van der Waals surface area contributed by atoms with Gasteiger partial charge in [0.1, 0.15) is 0 Å². The molecule has 0 aliphatic heterocycles. The van der Waals surface area contributed by atoms with Gasteiger partial charge in [-0.3, -0.25) is 0 Å². The summed E-state index contributed by atoms with van der Waals surface area (Å²) in [5.74, 6) is -0.743. The summed E-state index contributed by atoms with van der Waals surface area (Å²) >= 11 is 2.96. The van der Waals surface area contributed by atoms with Crippen LogP contribution in [0.5, 0.6) is 0 Å². The third-order valence-electron chi connectivity index (χ3n) is 3.11.